The van der Waals surface area contributed by atoms with Crippen LogP contribution in [-0.4, -0.2) is 59.8 Å². The van der Waals surface area contributed by atoms with E-state index < -0.39 is 5.25 Å². The number of carbonyl (C=O) groups is 3. The summed E-state index contributed by atoms with van der Waals surface area (Å²) in [5.41, 5.74) is 0. The van der Waals surface area contributed by atoms with Crippen LogP contribution in [0.25, 0.3) is 0 Å². The Morgan fingerprint density at radius 1 is 1.50 bits per heavy atom. The molecule has 0 radical (unpaired) electrons. The van der Waals surface area contributed by atoms with Crippen LogP contribution in [0.3, 0.4) is 0 Å². The van der Waals surface area contributed by atoms with Crippen molar-refractivity contribution in [1.29, 1.82) is 0 Å². The Bertz CT molecular complexity index is 296. The van der Waals surface area contributed by atoms with Crippen molar-refractivity contribution in [3.63, 3.8) is 0 Å². The van der Waals surface area contributed by atoms with Gasteiger partial charge in [0.05, 0.1) is 5.25 Å². The third-order valence-corrected chi connectivity index (χ3v) is 2.96. The molecule has 0 aromatic heterocycles. The maximum atomic E-state index is 11.5. The largest absolute Gasteiger partial charge is 0.304 e. The Kier molecular flexibility index (Phi) is 4.95. The van der Waals surface area contributed by atoms with Gasteiger partial charge in [0.25, 0.3) is 0 Å². The minimum absolute atomic E-state index is 0.159. The van der Waals surface area contributed by atoms with E-state index >= 15 is 0 Å². The van der Waals surface area contributed by atoms with Crippen LogP contribution in [0.4, 0.5) is 0 Å². The molecule has 1 fully saturated rings. The van der Waals surface area contributed by atoms with Crippen LogP contribution < -0.4 is 0 Å². The minimum atomic E-state index is -0.479. The van der Waals surface area contributed by atoms with E-state index in [9.17, 15) is 14.4 Å². The zero-order valence-corrected chi connectivity index (χ0v) is 10.2. The predicted octanol–water partition coefficient (Wildman–Crippen LogP) is -0.435. The summed E-state index contributed by atoms with van der Waals surface area (Å²) in [5.74, 6) is -0.370. The van der Waals surface area contributed by atoms with E-state index in [-0.39, 0.29) is 18.2 Å². The smallest absolute Gasteiger partial charge is 0.242 e. The number of likely N-dealkylation sites (tertiary alicyclic amines) is 1. The normalized spacial score (nSPS) is 20.9. The average molecular weight is 244 g/mol. The lowest BCUT2D eigenvalue weighted by Gasteiger charge is -2.19. The highest BCUT2D eigenvalue weighted by Gasteiger charge is 2.35. The lowest BCUT2D eigenvalue weighted by atomic mass is 10.4. The minimum Gasteiger partial charge on any atom is -0.304 e. The molecule has 0 aliphatic carbocycles. The maximum absolute atomic E-state index is 11.5. The van der Waals surface area contributed by atoms with Gasteiger partial charge in [0, 0.05) is 32.5 Å². The summed E-state index contributed by atoms with van der Waals surface area (Å²) >= 11 is 4.03. The summed E-state index contributed by atoms with van der Waals surface area (Å²) in [6.07, 6.45) is 1.51. The zero-order valence-electron chi connectivity index (χ0n) is 9.26. The predicted molar refractivity (Wildman–Crippen MR) is 62.3 cm³/mol. The van der Waals surface area contributed by atoms with Crippen molar-refractivity contribution in [3.8, 4) is 0 Å². The Morgan fingerprint density at radius 2 is 2.19 bits per heavy atom. The van der Waals surface area contributed by atoms with Crippen LogP contribution in [-0.2, 0) is 14.4 Å². The van der Waals surface area contributed by atoms with Crippen LogP contribution >= 0.6 is 12.6 Å². The van der Waals surface area contributed by atoms with Gasteiger partial charge in [-0.25, -0.2) is 0 Å². The number of hydrogen-bond donors (Lipinski definition) is 1. The molecule has 1 aliphatic heterocycles. The summed E-state index contributed by atoms with van der Waals surface area (Å²) in [7, 11) is 1.85. The standard InChI is InChI=1S/C10H16N2O3S/c1-11(3-2-6-13)4-5-12-9(14)7-8(16)10(12)15/h6,8,16H,2-5,7H2,1H3. The number of likely N-dealkylation sites (N-methyl/N-ethyl adjacent to an activating group) is 1. The SMILES string of the molecule is CN(CCC=O)CCN1C(=O)CC(S)C1=O. The van der Waals surface area contributed by atoms with Gasteiger partial charge in [-0.3, -0.25) is 14.5 Å². The summed E-state index contributed by atoms with van der Waals surface area (Å²) in [6, 6.07) is 0. The maximum Gasteiger partial charge on any atom is 0.242 e. The second-order valence-corrected chi connectivity index (χ2v) is 4.49. The van der Waals surface area contributed by atoms with Crippen molar-refractivity contribution < 1.29 is 14.4 Å². The molecule has 0 bridgehead atoms. The number of aldehydes is 1. The molecule has 16 heavy (non-hydrogen) atoms. The van der Waals surface area contributed by atoms with E-state index in [0.717, 1.165) is 6.29 Å². The first-order valence-electron chi connectivity index (χ1n) is 5.20. The molecule has 0 saturated carbocycles. The average Bonchev–Trinajstić information content (AvgIpc) is 2.48. The molecule has 0 N–H and O–H groups in total. The Labute approximate surface area is 100 Å². The van der Waals surface area contributed by atoms with Gasteiger partial charge in [-0.2, -0.15) is 12.6 Å². The molecule has 2 amide bonds. The van der Waals surface area contributed by atoms with Gasteiger partial charge in [0.15, 0.2) is 0 Å². The number of nitrogens with zero attached hydrogens (tertiary/aromatic N) is 2. The van der Waals surface area contributed by atoms with Gasteiger partial charge in [-0.05, 0) is 7.05 Å². The first kappa shape index (κ1) is 13.2. The molecule has 1 unspecified atom stereocenters. The fraction of sp³-hybridized carbons (Fsp3) is 0.700. The highest BCUT2D eigenvalue weighted by molar-refractivity contribution is 7.81. The summed E-state index contributed by atoms with van der Waals surface area (Å²) < 4.78 is 0. The summed E-state index contributed by atoms with van der Waals surface area (Å²) in [4.78, 5) is 36.2. The molecule has 0 aromatic carbocycles. The topological polar surface area (TPSA) is 57.7 Å². The summed E-state index contributed by atoms with van der Waals surface area (Å²) in [6.45, 7) is 1.61. The second-order valence-electron chi connectivity index (χ2n) is 3.86. The van der Waals surface area contributed by atoms with Crippen LogP contribution in [0.5, 0.6) is 0 Å². The van der Waals surface area contributed by atoms with E-state index in [2.05, 4.69) is 12.6 Å². The first-order valence-corrected chi connectivity index (χ1v) is 5.72. The van der Waals surface area contributed by atoms with E-state index in [4.69, 9.17) is 0 Å². The van der Waals surface area contributed by atoms with Gasteiger partial charge in [0.2, 0.25) is 11.8 Å². The molecule has 6 heteroatoms. The number of thiol groups is 1. The first-order chi connectivity index (χ1) is 7.56. The number of carbonyl (C=O) groups excluding carboxylic acids is 3. The molecule has 0 spiro atoms. The van der Waals surface area contributed by atoms with E-state index in [0.29, 0.717) is 26.1 Å². The molecule has 0 aromatic rings. The Balaban J connectivity index is 2.34. The van der Waals surface area contributed by atoms with Crippen molar-refractivity contribution in [1.82, 2.24) is 9.80 Å². The molecule has 1 aliphatic rings. The van der Waals surface area contributed by atoms with Gasteiger partial charge in [-0.1, -0.05) is 0 Å². The molecule has 1 saturated heterocycles. The third kappa shape index (κ3) is 3.31. The van der Waals surface area contributed by atoms with Crippen molar-refractivity contribution in [2.45, 2.75) is 18.1 Å². The number of imide groups is 1. The second kappa shape index (κ2) is 6.00. The number of rotatable bonds is 6. The molecule has 1 rings (SSSR count). The molecule has 1 atom stereocenters. The molecule has 1 heterocycles. The van der Waals surface area contributed by atoms with E-state index in [1.165, 1.54) is 4.90 Å². The molecule has 5 nitrogen and oxygen atoms in total. The fourth-order valence-corrected chi connectivity index (χ4v) is 1.85. The van der Waals surface area contributed by atoms with Gasteiger partial charge >= 0.3 is 0 Å². The summed E-state index contributed by atoms with van der Waals surface area (Å²) in [5, 5.41) is -0.479. The van der Waals surface area contributed by atoms with Gasteiger partial charge in [0.1, 0.15) is 6.29 Å². The van der Waals surface area contributed by atoms with Crippen LogP contribution in [0, 0.1) is 0 Å². The van der Waals surface area contributed by atoms with Gasteiger partial charge < -0.3 is 9.69 Å². The molecule has 90 valence electrons. The Hall–Kier alpha value is -0.880. The van der Waals surface area contributed by atoms with E-state index in [1.807, 2.05) is 11.9 Å². The zero-order chi connectivity index (χ0) is 12.1. The Morgan fingerprint density at radius 3 is 2.69 bits per heavy atom. The van der Waals surface area contributed by atoms with Crippen molar-refractivity contribution in [3.05, 3.63) is 0 Å². The van der Waals surface area contributed by atoms with Crippen molar-refractivity contribution in [2.75, 3.05) is 26.7 Å². The van der Waals surface area contributed by atoms with E-state index in [1.54, 1.807) is 0 Å². The highest BCUT2D eigenvalue weighted by atomic mass is 32.1. The van der Waals surface area contributed by atoms with Crippen LogP contribution in [0.2, 0.25) is 0 Å². The molecular weight excluding hydrogens is 228 g/mol. The number of amides is 2. The van der Waals surface area contributed by atoms with Gasteiger partial charge in [-0.15, -0.1) is 0 Å². The van der Waals surface area contributed by atoms with Crippen molar-refractivity contribution in [2.24, 2.45) is 0 Å². The lowest BCUT2D eigenvalue weighted by Crippen LogP contribution is -2.37. The number of hydrogen-bond acceptors (Lipinski definition) is 5. The van der Waals surface area contributed by atoms with Crippen LogP contribution in [0.1, 0.15) is 12.8 Å². The quantitative estimate of drug-likeness (QED) is 0.391. The highest BCUT2D eigenvalue weighted by Crippen LogP contribution is 2.17. The van der Waals surface area contributed by atoms with Crippen LogP contribution in [0.15, 0.2) is 0 Å². The van der Waals surface area contributed by atoms with Crippen molar-refractivity contribution >= 4 is 30.7 Å². The lowest BCUT2D eigenvalue weighted by molar-refractivity contribution is -0.138. The monoisotopic (exact) mass is 244 g/mol. The third-order valence-electron chi connectivity index (χ3n) is 2.55. The fourth-order valence-electron chi connectivity index (χ4n) is 1.56. The molecular formula is C10H16N2O3S.